The maximum atomic E-state index is 11.9. The Labute approximate surface area is 94.5 Å². The molecule has 0 bridgehead atoms. The lowest BCUT2D eigenvalue weighted by molar-refractivity contribution is -0.132. The number of carbonyl (C=O) groups excluding carboxylic acids is 1. The molecule has 1 aliphatic rings. The molecule has 0 saturated heterocycles. The van der Waals surface area contributed by atoms with E-state index in [1.807, 2.05) is 0 Å². The molecular formula is C11H17N3O2. The summed E-state index contributed by atoms with van der Waals surface area (Å²) < 4.78 is 0. The quantitative estimate of drug-likeness (QED) is 0.739. The normalized spacial score (nSPS) is 15.1. The number of nitrogens with zero attached hydrogens (tertiary/aromatic N) is 2. The fourth-order valence-corrected chi connectivity index (χ4v) is 1.68. The molecule has 5 heteroatoms. The Kier molecular flexibility index (Phi) is 3.56. The highest BCUT2D eigenvalue weighted by Crippen LogP contribution is 2.32. The van der Waals surface area contributed by atoms with Gasteiger partial charge < -0.3 is 15.0 Å². The number of H-pyrrole nitrogens is 1. The monoisotopic (exact) mass is 223 g/mol. The standard InChI is InChI=1S/C11H17N3O2/c15-6-5-14(8-10-12-3-4-13-10)11(16)7-9-1-2-9/h3-4,9,15H,1-2,5-8H2,(H,12,13). The first-order valence-corrected chi connectivity index (χ1v) is 5.66. The Morgan fingerprint density at radius 1 is 1.62 bits per heavy atom. The van der Waals surface area contributed by atoms with Crippen LogP contribution in [0.1, 0.15) is 25.1 Å². The number of imidazole rings is 1. The number of aromatic amines is 1. The molecule has 1 amide bonds. The smallest absolute Gasteiger partial charge is 0.223 e. The predicted octanol–water partition coefficient (Wildman–Crippen LogP) is 0.531. The third-order valence-corrected chi connectivity index (χ3v) is 2.78. The fourth-order valence-electron chi connectivity index (χ4n) is 1.68. The van der Waals surface area contributed by atoms with Gasteiger partial charge in [-0.2, -0.15) is 0 Å². The Hall–Kier alpha value is -1.36. The van der Waals surface area contributed by atoms with E-state index >= 15 is 0 Å². The van der Waals surface area contributed by atoms with Crippen LogP contribution in [0.5, 0.6) is 0 Å². The van der Waals surface area contributed by atoms with E-state index in [4.69, 9.17) is 5.11 Å². The number of carbonyl (C=O) groups is 1. The van der Waals surface area contributed by atoms with Gasteiger partial charge >= 0.3 is 0 Å². The van der Waals surface area contributed by atoms with Gasteiger partial charge in [0.25, 0.3) is 0 Å². The Balaban J connectivity index is 1.89. The molecule has 0 aliphatic heterocycles. The first-order chi connectivity index (χ1) is 7.79. The van der Waals surface area contributed by atoms with E-state index in [0.29, 0.717) is 25.4 Å². The summed E-state index contributed by atoms with van der Waals surface area (Å²) in [7, 11) is 0. The van der Waals surface area contributed by atoms with Crippen LogP contribution in [0.25, 0.3) is 0 Å². The summed E-state index contributed by atoms with van der Waals surface area (Å²) >= 11 is 0. The van der Waals surface area contributed by atoms with Crippen LogP contribution < -0.4 is 0 Å². The summed E-state index contributed by atoms with van der Waals surface area (Å²) in [5, 5.41) is 8.94. The average molecular weight is 223 g/mol. The molecule has 0 spiro atoms. The molecule has 2 N–H and O–H groups in total. The molecule has 1 saturated carbocycles. The van der Waals surface area contributed by atoms with Crippen LogP contribution in [0.15, 0.2) is 12.4 Å². The molecule has 0 unspecified atom stereocenters. The SMILES string of the molecule is O=C(CC1CC1)N(CCO)Cc1ncc[nH]1. The zero-order valence-corrected chi connectivity index (χ0v) is 9.22. The van der Waals surface area contributed by atoms with Gasteiger partial charge in [0.1, 0.15) is 5.82 Å². The van der Waals surface area contributed by atoms with Crippen molar-refractivity contribution in [2.75, 3.05) is 13.2 Å². The van der Waals surface area contributed by atoms with Crippen molar-refractivity contribution in [3.8, 4) is 0 Å². The van der Waals surface area contributed by atoms with Crippen LogP contribution in [0.4, 0.5) is 0 Å². The summed E-state index contributed by atoms with van der Waals surface area (Å²) in [4.78, 5) is 20.6. The maximum absolute atomic E-state index is 11.9. The van der Waals surface area contributed by atoms with Crippen LogP contribution in [-0.4, -0.2) is 39.0 Å². The second-order valence-electron chi connectivity index (χ2n) is 4.22. The lowest BCUT2D eigenvalue weighted by atomic mass is 10.2. The van der Waals surface area contributed by atoms with Crippen LogP contribution in [0, 0.1) is 5.92 Å². The molecule has 2 rings (SSSR count). The van der Waals surface area contributed by atoms with Crippen molar-refractivity contribution in [2.24, 2.45) is 5.92 Å². The number of rotatable bonds is 6. The van der Waals surface area contributed by atoms with Gasteiger partial charge in [-0.25, -0.2) is 4.98 Å². The molecular weight excluding hydrogens is 206 g/mol. The Morgan fingerprint density at radius 3 is 3.00 bits per heavy atom. The molecule has 1 heterocycles. The van der Waals surface area contributed by atoms with Crippen LogP contribution in [0.2, 0.25) is 0 Å². The summed E-state index contributed by atoms with van der Waals surface area (Å²) in [5.74, 6) is 1.45. The van der Waals surface area contributed by atoms with Gasteiger partial charge in [0.15, 0.2) is 0 Å². The van der Waals surface area contributed by atoms with Crippen molar-refractivity contribution in [1.82, 2.24) is 14.9 Å². The minimum atomic E-state index is -0.00286. The number of aromatic nitrogens is 2. The minimum absolute atomic E-state index is 0.00286. The van der Waals surface area contributed by atoms with E-state index in [1.54, 1.807) is 17.3 Å². The summed E-state index contributed by atoms with van der Waals surface area (Å²) in [5.41, 5.74) is 0. The lowest BCUT2D eigenvalue weighted by Gasteiger charge is -2.20. The molecule has 1 aliphatic carbocycles. The number of amides is 1. The van der Waals surface area contributed by atoms with E-state index in [-0.39, 0.29) is 12.5 Å². The third-order valence-electron chi connectivity index (χ3n) is 2.78. The molecule has 88 valence electrons. The van der Waals surface area contributed by atoms with Gasteiger partial charge in [0.05, 0.1) is 13.2 Å². The van der Waals surface area contributed by atoms with E-state index in [0.717, 1.165) is 5.82 Å². The largest absolute Gasteiger partial charge is 0.395 e. The Bertz CT molecular complexity index is 333. The molecule has 0 atom stereocenters. The van der Waals surface area contributed by atoms with Crippen LogP contribution >= 0.6 is 0 Å². The lowest BCUT2D eigenvalue weighted by Crippen LogP contribution is -2.33. The first-order valence-electron chi connectivity index (χ1n) is 5.66. The minimum Gasteiger partial charge on any atom is -0.395 e. The highest BCUT2D eigenvalue weighted by atomic mass is 16.3. The van der Waals surface area contributed by atoms with Crippen LogP contribution in [0.3, 0.4) is 0 Å². The first kappa shape index (κ1) is 11.1. The third kappa shape index (κ3) is 3.06. The molecule has 0 radical (unpaired) electrons. The second kappa shape index (κ2) is 5.12. The van der Waals surface area contributed by atoms with Gasteiger partial charge in [0.2, 0.25) is 5.91 Å². The van der Waals surface area contributed by atoms with Gasteiger partial charge in [-0.1, -0.05) is 0 Å². The Morgan fingerprint density at radius 2 is 2.44 bits per heavy atom. The number of hydrogen-bond acceptors (Lipinski definition) is 3. The van der Waals surface area contributed by atoms with Crippen LogP contribution in [-0.2, 0) is 11.3 Å². The molecule has 16 heavy (non-hydrogen) atoms. The molecule has 5 nitrogen and oxygen atoms in total. The summed E-state index contributed by atoms with van der Waals surface area (Å²) in [6.45, 7) is 0.836. The molecule has 1 aromatic rings. The van der Waals surface area contributed by atoms with E-state index in [9.17, 15) is 4.79 Å². The zero-order chi connectivity index (χ0) is 11.4. The summed E-state index contributed by atoms with van der Waals surface area (Å²) in [6.07, 6.45) is 6.34. The highest BCUT2D eigenvalue weighted by molar-refractivity contribution is 5.76. The van der Waals surface area contributed by atoms with Crippen molar-refractivity contribution < 1.29 is 9.90 Å². The zero-order valence-electron chi connectivity index (χ0n) is 9.22. The predicted molar refractivity (Wildman–Crippen MR) is 58.4 cm³/mol. The highest BCUT2D eigenvalue weighted by Gasteiger charge is 2.27. The number of nitrogens with one attached hydrogen (secondary N) is 1. The second-order valence-corrected chi connectivity index (χ2v) is 4.22. The number of hydrogen-bond donors (Lipinski definition) is 2. The van der Waals surface area contributed by atoms with Gasteiger partial charge in [-0.15, -0.1) is 0 Å². The summed E-state index contributed by atoms with van der Waals surface area (Å²) in [6, 6.07) is 0. The maximum Gasteiger partial charge on any atom is 0.223 e. The topological polar surface area (TPSA) is 69.2 Å². The van der Waals surface area contributed by atoms with Gasteiger partial charge in [-0.3, -0.25) is 4.79 Å². The van der Waals surface area contributed by atoms with E-state index < -0.39 is 0 Å². The van der Waals surface area contributed by atoms with Gasteiger partial charge in [-0.05, 0) is 18.8 Å². The van der Waals surface area contributed by atoms with Crippen molar-refractivity contribution in [2.45, 2.75) is 25.8 Å². The molecule has 1 aromatic heterocycles. The molecule has 0 aromatic carbocycles. The van der Waals surface area contributed by atoms with Crippen molar-refractivity contribution in [1.29, 1.82) is 0 Å². The van der Waals surface area contributed by atoms with E-state index in [2.05, 4.69) is 9.97 Å². The number of aliphatic hydroxyl groups excluding tert-OH is 1. The number of aliphatic hydroxyl groups is 1. The average Bonchev–Trinajstić information content (AvgIpc) is 2.93. The van der Waals surface area contributed by atoms with Crippen molar-refractivity contribution >= 4 is 5.91 Å². The van der Waals surface area contributed by atoms with E-state index in [1.165, 1.54) is 12.8 Å². The van der Waals surface area contributed by atoms with Gasteiger partial charge in [0, 0.05) is 25.4 Å². The van der Waals surface area contributed by atoms with Crippen molar-refractivity contribution in [3.05, 3.63) is 18.2 Å². The molecule has 1 fully saturated rings. The fraction of sp³-hybridized carbons (Fsp3) is 0.636. The van der Waals surface area contributed by atoms with Crippen molar-refractivity contribution in [3.63, 3.8) is 0 Å².